The number of carboxylic acid groups (broad SMARTS) is 1. The van der Waals surface area contributed by atoms with Crippen LogP contribution in [0.3, 0.4) is 0 Å². The first-order valence-corrected chi connectivity index (χ1v) is 11.4. The van der Waals surface area contributed by atoms with E-state index in [0.717, 1.165) is 18.4 Å². The van der Waals surface area contributed by atoms with Gasteiger partial charge in [0.05, 0.1) is 6.54 Å². The molecule has 1 rings (SSSR count). The molecule has 1 aliphatic rings. The minimum absolute atomic E-state index is 0.240. The molecule has 0 radical (unpaired) electrons. The number of hydrogen-bond donors (Lipinski definition) is 1. The molecular formula is C27H41NO4. The molecule has 5 nitrogen and oxygen atoms in total. The van der Waals surface area contributed by atoms with Gasteiger partial charge in [0, 0.05) is 13.1 Å². The van der Waals surface area contributed by atoms with Crippen LogP contribution in [0.2, 0.25) is 0 Å². The number of carboxylic acids is 1. The zero-order chi connectivity index (χ0) is 24.7. The van der Waals surface area contributed by atoms with E-state index in [1.807, 2.05) is 19.1 Å². The van der Waals surface area contributed by atoms with Gasteiger partial charge in [0.25, 0.3) is 0 Å². The van der Waals surface area contributed by atoms with Crippen molar-refractivity contribution in [3.8, 4) is 0 Å². The summed E-state index contributed by atoms with van der Waals surface area (Å²) in [5, 5.41) is 9.15. The van der Waals surface area contributed by atoms with Gasteiger partial charge in [-0.15, -0.1) is 0 Å². The van der Waals surface area contributed by atoms with Crippen LogP contribution in [0, 0.1) is 10.8 Å². The first-order chi connectivity index (χ1) is 14.7. The molecule has 0 saturated heterocycles. The van der Waals surface area contributed by atoms with Gasteiger partial charge >= 0.3 is 5.97 Å². The van der Waals surface area contributed by atoms with Gasteiger partial charge in [0.1, 0.15) is 5.41 Å². The van der Waals surface area contributed by atoms with Crippen LogP contribution in [0.5, 0.6) is 0 Å². The molecule has 0 heterocycles. The minimum Gasteiger partial charge on any atom is -0.481 e. The second-order valence-corrected chi connectivity index (χ2v) is 10.3. The molecule has 0 spiro atoms. The summed E-state index contributed by atoms with van der Waals surface area (Å²) in [6.45, 7) is 13.4. The Morgan fingerprint density at radius 1 is 1.19 bits per heavy atom. The fraction of sp³-hybridized carbons (Fsp3) is 0.593. The number of amides is 1. The van der Waals surface area contributed by atoms with Crippen LogP contribution in [0.4, 0.5) is 0 Å². The van der Waals surface area contributed by atoms with Crippen LogP contribution in [-0.4, -0.2) is 41.3 Å². The monoisotopic (exact) mass is 443 g/mol. The normalized spacial score (nSPS) is 17.6. The molecular weight excluding hydrogens is 402 g/mol. The highest BCUT2D eigenvalue weighted by molar-refractivity contribution is 6.04. The SMILES string of the molecule is CC1=C(CC\C(C)=C/C=C/C(C)=C/C(=O)N(C)CC(=O)C(C)(C)C(=O)O)C(C)(C)CCC1. The summed E-state index contributed by atoms with van der Waals surface area (Å²) in [4.78, 5) is 37.0. The van der Waals surface area contributed by atoms with Crippen molar-refractivity contribution in [2.75, 3.05) is 13.6 Å². The number of nitrogens with zero attached hydrogens (tertiary/aromatic N) is 1. The van der Waals surface area contributed by atoms with E-state index in [9.17, 15) is 14.4 Å². The Kier molecular flexibility index (Phi) is 9.87. The number of Topliss-reactive ketones (excluding diaryl/α,β-unsaturated/α-hetero) is 1. The van der Waals surface area contributed by atoms with Gasteiger partial charge in [-0.05, 0) is 77.7 Å². The molecule has 1 aliphatic carbocycles. The molecule has 0 aromatic carbocycles. The summed E-state index contributed by atoms with van der Waals surface area (Å²) in [7, 11) is 1.50. The van der Waals surface area contributed by atoms with Crippen molar-refractivity contribution >= 4 is 17.7 Å². The van der Waals surface area contributed by atoms with Crippen LogP contribution < -0.4 is 0 Å². The summed E-state index contributed by atoms with van der Waals surface area (Å²) < 4.78 is 0. The van der Waals surface area contributed by atoms with Crippen molar-refractivity contribution in [1.29, 1.82) is 0 Å². The Balaban J connectivity index is 2.66. The topological polar surface area (TPSA) is 74.7 Å². The predicted octanol–water partition coefficient (Wildman–Crippen LogP) is 5.88. The third-order valence-corrected chi connectivity index (χ3v) is 6.53. The van der Waals surface area contributed by atoms with Crippen molar-refractivity contribution in [2.45, 2.75) is 80.6 Å². The van der Waals surface area contributed by atoms with Gasteiger partial charge in [0.2, 0.25) is 5.91 Å². The molecule has 1 N–H and O–H groups in total. The van der Waals surface area contributed by atoms with Crippen molar-refractivity contribution in [1.82, 2.24) is 4.90 Å². The summed E-state index contributed by atoms with van der Waals surface area (Å²) in [5.74, 6) is -2.03. The van der Waals surface area contributed by atoms with Crippen LogP contribution >= 0.6 is 0 Å². The second-order valence-electron chi connectivity index (χ2n) is 10.3. The van der Waals surface area contributed by atoms with E-state index >= 15 is 0 Å². The first kappa shape index (κ1) is 27.6. The molecule has 0 unspecified atom stereocenters. The highest BCUT2D eigenvalue weighted by atomic mass is 16.4. The molecule has 0 aliphatic heterocycles. The van der Waals surface area contributed by atoms with E-state index < -0.39 is 17.2 Å². The number of likely N-dealkylation sites (N-methyl/N-ethyl adjacent to an activating group) is 1. The van der Waals surface area contributed by atoms with Gasteiger partial charge in [-0.25, -0.2) is 0 Å². The third-order valence-electron chi connectivity index (χ3n) is 6.53. The standard InChI is InChI=1S/C27H41NO4/c1-19(14-15-22-21(3)13-10-16-26(22,4)5)11-9-12-20(2)17-24(30)28(8)18-23(29)27(6,7)25(31)32/h9,11-12,17H,10,13-16,18H2,1-8H3,(H,31,32)/b12-9+,19-11-,20-17+. The Hall–Kier alpha value is -2.43. The highest BCUT2D eigenvalue weighted by Crippen LogP contribution is 2.42. The molecule has 1 amide bonds. The zero-order valence-corrected chi connectivity index (χ0v) is 21.2. The second kappa shape index (κ2) is 11.4. The minimum atomic E-state index is -1.52. The van der Waals surface area contributed by atoms with E-state index in [-0.39, 0.29) is 12.5 Å². The lowest BCUT2D eigenvalue weighted by molar-refractivity contribution is -0.153. The maximum absolute atomic E-state index is 12.3. The van der Waals surface area contributed by atoms with Crippen molar-refractivity contribution in [3.63, 3.8) is 0 Å². The summed E-state index contributed by atoms with van der Waals surface area (Å²) in [6, 6.07) is 0. The first-order valence-electron chi connectivity index (χ1n) is 11.4. The number of aliphatic carboxylic acids is 1. The van der Waals surface area contributed by atoms with Gasteiger partial charge < -0.3 is 10.0 Å². The molecule has 178 valence electrons. The van der Waals surface area contributed by atoms with E-state index in [2.05, 4.69) is 33.8 Å². The zero-order valence-electron chi connectivity index (χ0n) is 21.2. The van der Waals surface area contributed by atoms with E-state index in [1.165, 1.54) is 56.7 Å². The molecule has 0 aromatic heterocycles. The van der Waals surface area contributed by atoms with Crippen LogP contribution in [0.15, 0.2) is 46.6 Å². The largest absolute Gasteiger partial charge is 0.481 e. The summed E-state index contributed by atoms with van der Waals surface area (Å²) in [6.07, 6.45) is 13.2. The Morgan fingerprint density at radius 2 is 1.81 bits per heavy atom. The van der Waals surface area contributed by atoms with E-state index in [0.29, 0.717) is 5.41 Å². The molecule has 0 bridgehead atoms. The Morgan fingerprint density at radius 3 is 2.38 bits per heavy atom. The Bertz CT molecular complexity index is 853. The van der Waals surface area contributed by atoms with Crippen molar-refractivity contribution < 1.29 is 19.5 Å². The smallest absolute Gasteiger partial charge is 0.316 e. The van der Waals surface area contributed by atoms with Crippen LogP contribution in [0.25, 0.3) is 0 Å². The number of carbonyl (C=O) groups is 3. The van der Waals surface area contributed by atoms with Crippen LogP contribution in [0.1, 0.15) is 80.6 Å². The predicted molar refractivity (Wildman–Crippen MR) is 130 cm³/mol. The Labute approximate surface area is 194 Å². The molecule has 5 heteroatoms. The summed E-state index contributed by atoms with van der Waals surface area (Å²) >= 11 is 0. The lowest BCUT2D eigenvalue weighted by atomic mass is 9.71. The molecule has 32 heavy (non-hydrogen) atoms. The fourth-order valence-corrected chi connectivity index (χ4v) is 3.96. The molecule has 0 aromatic rings. The van der Waals surface area contributed by atoms with Gasteiger partial charge in [-0.2, -0.15) is 0 Å². The molecule has 0 saturated carbocycles. The van der Waals surface area contributed by atoms with Gasteiger partial charge in [-0.1, -0.05) is 48.8 Å². The van der Waals surface area contributed by atoms with E-state index in [4.69, 9.17) is 5.11 Å². The maximum atomic E-state index is 12.3. The third kappa shape index (κ3) is 7.92. The highest BCUT2D eigenvalue weighted by Gasteiger charge is 2.36. The van der Waals surface area contributed by atoms with Gasteiger partial charge in [-0.3, -0.25) is 14.4 Å². The lowest BCUT2D eigenvalue weighted by Gasteiger charge is -2.34. The lowest BCUT2D eigenvalue weighted by Crippen LogP contribution is -2.41. The van der Waals surface area contributed by atoms with Gasteiger partial charge in [0.15, 0.2) is 5.78 Å². The average Bonchev–Trinajstić information content (AvgIpc) is 2.66. The fourth-order valence-electron chi connectivity index (χ4n) is 3.96. The summed E-state index contributed by atoms with van der Waals surface area (Å²) in [5.41, 5.74) is 3.99. The number of hydrogen-bond acceptors (Lipinski definition) is 3. The molecule has 0 atom stereocenters. The van der Waals surface area contributed by atoms with Crippen LogP contribution in [-0.2, 0) is 14.4 Å². The molecule has 0 fully saturated rings. The number of ketones is 1. The van der Waals surface area contributed by atoms with E-state index in [1.54, 1.807) is 11.1 Å². The van der Waals surface area contributed by atoms with Crippen molar-refractivity contribution in [2.24, 2.45) is 10.8 Å². The quantitative estimate of drug-likeness (QED) is 0.198. The van der Waals surface area contributed by atoms with Crippen molar-refractivity contribution in [3.05, 3.63) is 46.6 Å². The average molecular weight is 444 g/mol. The number of rotatable bonds is 10. The number of carbonyl (C=O) groups excluding carboxylic acids is 2. The number of allylic oxidation sites excluding steroid dienone is 7. The maximum Gasteiger partial charge on any atom is 0.316 e.